The van der Waals surface area contributed by atoms with Crippen LogP contribution in [0.15, 0.2) is 12.7 Å². The smallest absolute Gasteiger partial charge is 0.320 e. The van der Waals surface area contributed by atoms with Gasteiger partial charge < -0.3 is 25.2 Å². The summed E-state index contributed by atoms with van der Waals surface area (Å²) in [6, 6.07) is -1.21. The Kier molecular flexibility index (Phi) is 7.21. The number of likely N-dealkylation sites (N-methyl/N-ethyl adjacent to an activating group) is 1. The quantitative estimate of drug-likeness (QED) is 0.683. The molecule has 0 spiro atoms. The third-order valence-corrected chi connectivity index (χ3v) is 4.21. The summed E-state index contributed by atoms with van der Waals surface area (Å²) in [5, 5.41) is 0. The number of urea groups is 1. The van der Waals surface area contributed by atoms with E-state index in [1.165, 1.54) is 11.0 Å². The van der Waals surface area contributed by atoms with Crippen LogP contribution in [0.5, 0.6) is 0 Å². The third-order valence-electron chi connectivity index (χ3n) is 4.21. The molecule has 0 aromatic rings. The number of nitrogens with two attached hydrogens (primary N) is 1. The molecule has 1 aliphatic rings. The fourth-order valence-electron chi connectivity index (χ4n) is 3.08. The molecule has 0 bridgehead atoms. The Morgan fingerprint density at radius 3 is 2.46 bits per heavy atom. The number of amides is 4. The molecule has 8 heteroatoms. The maximum absolute atomic E-state index is 12.7. The van der Waals surface area contributed by atoms with Gasteiger partial charge in [0.05, 0.1) is 12.6 Å². The Balaban J connectivity index is 2.87. The van der Waals surface area contributed by atoms with E-state index in [4.69, 9.17) is 10.5 Å². The minimum atomic E-state index is -0.675. The van der Waals surface area contributed by atoms with E-state index in [1.54, 1.807) is 24.0 Å². The Hall–Kier alpha value is -2.09. The van der Waals surface area contributed by atoms with Gasteiger partial charge in [0.1, 0.15) is 6.04 Å². The molecule has 1 rings (SSSR count). The second-order valence-electron chi connectivity index (χ2n) is 6.28. The Bertz CT molecular complexity index is 494. The molecule has 2 N–H and O–H groups in total. The van der Waals surface area contributed by atoms with Gasteiger partial charge >= 0.3 is 6.03 Å². The summed E-state index contributed by atoms with van der Waals surface area (Å²) in [5.74, 6) is -0.806. The summed E-state index contributed by atoms with van der Waals surface area (Å²) in [7, 11) is 3.12. The van der Waals surface area contributed by atoms with E-state index in [2.05, 4.69) is 6.58 Å². The van der Waals surface area contributed by atoms with E-state index in [0.717, 1.165) is 0 Å². The summed E-state index contributed by atoms with van der Waals surface area (Å²) < 4.78 is 5.16. The summed E-state index contributed by atoms with van der Waals surface area (Å²) in [5.41, 5.74) is 5.43. The lowest BCUT2D eigenvalue weighted by Gasteiger charge is -2.43. The number of rotatable bonds is 6. The number of carbonyl (C=O) groups is 3. The van der Waals surface area contributed by atoms with E-state index in [-0.39, 0.29) is 23.9 Å². The average molecular weight is 340 g/mol. The maximum Gasteiger partial charge on any atom is 0.320 e. The molecule has 0 unspecified atom stereocenters. The van der Waals surface area contributed by atoms with Crippen molar-refractivity contribution in [3.05, 3.63) is 12.7 Å². The van der Waals surface area contributed by atoms with Crippen LogP contribution in [0.3, 0.4) is 0 Å². The molecular weight excluding hydrogens is 312 g/mol. The van der Waals surface area contributed by atoms with Gasteiger partial charge in [-0.3, -0.25) is 9.59 Å². The molecule has 0 aliphatic carbocycles. The van der Waals surface area contributed by atoms with Crippen molar-refractivity contribution in [3.8, 4) is 0 Å². The first-order valence-corrected chi connectivity index (χ1v) is 7.97. The summed E-state index contributed by atoms with van der Waals surface area (Å²) in [4.78, 5) is 40.9. The van der Waals surface area contributed by atoms with Crippen LogP contribution < -0.4 is 5.73 Å². The van der Waals surface area contributed by atoms with Crippen molar-refractivity contribution >= 4 is 17.8 Å². The molecule has 1 aliphatic heterocycles. The Labute approximate surface area is 143 Å². The highest BCUT2D eigenvalue weighted by atomic mass is 16.5. The van der Waals surface area contributed by atoms with Crippen LogP contribution in [0, 0.1) is 5.92 Å². The predicted octanol–water partition coefficient (Wildman–Crippen LogP) is -0.107. The number of primary amides is 1. The van der Waals surface area contributed by atoms with Crippen molar-refractivity contribution in [1.82, 2.24) is 14.7 Å². The number of nitrogens with zero attached hydrogens (tertiary/aromatic N) is 3. The number of methoxy groups -OCH3 is 1. The van der Waals surface area contributed by atoms with Crippen molar-refractivity contribution in [2.45, 2.75) is 25.9 Å². The van der Waals surface area contributed by atoms with E-state index >= 15 is 0 Å². The van der Waals surface area contributed by atoms with Gasteiger partial charge in [-0.05, 0) is 12.0 Å². The zero-order valence-electron chi connectivity index (χ0n) is 14.9. The molecule has 0 aromatic carbocycles. The van der Waals surface area contributed by atoms with Crippen LogP contribution in [0.25, 0.3) is 0 Å². The van der Waals surface area contributed by atoms with Crippen LogP contribution in [0.1, 0.15) is 13.8 Å². The fourth-order valence-corrected chi connectivity index (χ4v) is 3.08. The van der Waals surface area contributed by atoms with Gasteiger partial charge in [0.2, 0.25) is 11.8 Å². The minimum absolute atomic E-state index is 0.0881. The first-order valence-electron chi connectivity index (χ1n) is 7.97. The van der Waals surface area contributed by atoms with Crippen LogP contribution in [0.2, 0.25) is 0 Å². The zero-order chi connectivity index (χ0) is 18.4. The maximum atomic E-state index is 12.7. The average Bonchev–Trinajstić information content (AvgIpc) is 2.52. The molecule has 0 saturated carbocycles. The molecule has 8 nitrogen and oxygen atoms in total. The van der Waals surface area contributed by atoms with Crippen LogP contribution >= 0.6 is 0 Å². The van der Waals surface area contributed by atoms with Gasteiger partial charge in [0.15, 0.2) is 0 Å². The van der Waals surface area contributed by atoms with E-state index in [9.17, 15) is 14.4 Å². The summed E-state index contributed by atoms with van der Waals surface area (Å²) in [6.07, 6.45) is 1.26. The molecule has 0 radical (unpaired) electrons. The topological polar surface area (TPSA) is 96.2 Å². The second-order valence-corrected chi connectivity index (χ2v) is 6.28. The van der Waals surface area contributed by atoms with Gasteiger partial charge in [0, 0.05) is 33.8 Å². The summed E-state index contributed by atoms with van der Waals surface area (Å²) in [6.45, 7) is 8.61. The molecule has 1 heterocycles. The zero-order valence-corrected chi connectivity index (χ0v) is 14.9. The third kappa shape index (κ3) is 4.47. The molecule has 1 saturated heterocycles. The van der Waals surface area contributed by atoms with Crippen LogP contribution in [-0.4, -0.2) is 85.0 Å². The number of hydrogen-bond donors (Lipinski definition) is 1. The number of piperazine rings is 1. The molecule has 0 aromatic heterocycles. The lowest BCUT2D eigenvalue weighted by molar-refractivity contribution is -0.131. The van der Waals surface area contributed by atoms with Gasteiger partial charge in [0.25, 0.3) is 0 Å². The SMILES string of the molecule is C=CC(=O)N1CCN(C(=O)N(C)[C@H](C(N)=O)C(C)C)C[C@H]1COC. The monoisotopic (exact) mass is 340 g/mol. The lowest BCUT2D eigenvalue weighted by atomic mass is 10.0. The van der Waals surface area contributed by atoms with Crippen LogP contribution in [-0.2, 0) is 14.3 Å². The number of carbonyl (C=O) groups excluding carboxylic acids is 3. The first-order chi connectivity index (χ1) is 11.2. The normalized spacial score (nSPS) is 19.1. The molecule has 2 atom stereocenters. The molecule has 1 fully saturated rings. The fraction of sp³-hybridized carbons (Fsp3) is 0.688. The summed E-state index contributed by atoms with van der Waals surface area (Å²) >= 11 is 0. The van der Waals surface area contributed by atoms with Crippen LogP contribution in [0.4, 0.5) is 4.79 Å². The minimum Gasteiger partial charge on any atom is -0.382 e. The van der Waals surface area contributed by atoms with Crippen molar-refractivity contribution in [3.63, 3.8) is 0 Å². The highest BCUT2D eigenvalue weighted by molar-refractivity contribution is 5.88. The molecule has 24 heavy (non-hydrogen) atoms. The molecular formula is C16H28N4O4. The van der Waals surface area contributed by atoms with E-state index in [0.29, 0.717) is 26.2 Å². The van der Waals surface area contributed by atoms with Gasteiger partial charge in [-0.25, -0.2) is 4.79 Å². The molecule has 4 amide bonds. The largest absolute Gasteiger partial charge is 0.382 e. The molecule has 136 valence electrons. The van der Waals surface area contributed by atoms with Crippen molar-refractivity contribution in [2.75, 3.05) is 40.4 Å². The highest BCUT2D eigenvalue weighted by Crippen LogP contribution is 2.16. The highest BCUT2D eigenvalue weighted by Gasteiger charge is 2.36. The number of hydrogen-bond acceptors (Lipinski definition) is 4. The Morgan fingerprint density at radius 2 is 2.00 bits per heavy atom. The van der Waals surface area contributed by atoms with Gasteiger partial charge in [-0.2, -0.15) is 0 Å². The Morgan fingerprint density at radius 1 is 1.38 bits per heavy atom. The lowest BCUT2D eigenvalue weighted by Crippen LogP contribution is -2.61. The van der Waals surface area contributed by atoms with E-state index in [1.807, 2.05) is 13.8 Å². The first kappa shape index (κ1) is 20.0. The van der Waals surface area contributed by atoms with Gasteiger partial charge in [-0.15, -0.1) is 0 Å². The van der Waals surface area contributed by atoms with Crippen molar-refractivity contribution in [2.24, 2.45) is 11.7 Å². The number of ether oxygens (including phenoxy) is 1. The standard InChI is InChI=1S/C16H28N4O4/c1-6-13(21)20-8-7-19(9-12(20)10-24-5)16(23)18(4)14(11(2)3)15(17)22/h6,11-12,14H,1,7-10H2,2-5H3,(H2,17,22)/t12-,14-/m0/s1. The van der Waals surface area contributed by atoms with Crippen molar-refractivity contribution < 1.29 is 19.1 Å². The van der Waals surface area contributed by atoms with Gasteiger partial charge in [-0.1, -0.05) is 20.4 Å². The van der Waals surface area contributed by atoms with Crippen molar-refractivity contribution in [1.29, 1.82) is 0 Å². The van der Waals surface area contributed by atoms with E-state index < -0.39 is 11.9 Å². The predicted molar refractivity (Wildman–Crippen MR) is 90.1 cm³/mol. The second kappa shape index (κ2) is 8.68.